The van der Waals surface area contributed by atoms with Crippen molar-refractivity contribution in [2.45, 2.75) is 83.7 Å². The fraction of sp³-hybridized carbons (Fsp3) is 0.432. The summed E-state index contributed by atoms with van der Waals surface area (Å²) in [4.78, 5) is 13.0. The molecule has 0 radical (unpaired) electrons. The molecule has 0 amide bonds. The number of unbranched alkanes of at least 4 members (excludes halogenated alkanes) is 1. The van der Waals surface area contributed by atoms with Crippen molar-refractivity contribution in [2.24, 2.45) is 5.92 Å². The number of hydrogen-bond acceptors (Lipinski definition) is 4. The first kappa shape index (κ1) is 32.6. The minimum Gasteiger partial charge on any atom is -0.491 e. The van der Waals surface area contributed by atoms with Gasteiger partial charge in [0.15, 0.2) is 23.1 Å². The van der Waals surface area contributed by atoms with Gasteiger partial charge in [-0.1, -0.05) is 43.7 Å². The van der Waals surface area contributed by atoms with Gasteiger partial charge in [0, 0.05) is 17.5 Å². The van der Waals surface area contributed by atoms with E-state index in [-0.39, 0.29) is 53.1 Å². The molecular weight excluding hydrogens is 584 g/mol. The highest BCUT2D eigenvalue weighted by atomic mass is 19.2. The Morgan fingerprint density at radius 1 is 0.756 bits per heavy atom. The van der Waals surface area contributed by atoms with Crippen LogP contribution in [-0.4, -0.2) is 25.3 Å². The molecule has 0 spiro atoms. The van der Waals surface area contributed by atoms with E-state index < -0.39 is 23.3 Å². The fourth-order valence-corrected chi connectivity index (χ4v) is 6.26. The highest BCUT2D eigenvalue weighted by molar-refractivity contribution is 5.73. The van der Waals surface area contributed by atoms with Gasteiger partial charge in [0.25, 0.3) is 0 Å². The molecule has 1 atom stereocenters. The summed E-state index contributed by atoms with van der Waals surface area (Å²) >= 11 is 0. The Bertz CT molecular complexity index is 1510. The first-order chi connectivity index (χ1) is 21.8. The normalized spacial score (nSPS) is 20.0. The van der Waals surface area contributed by atoms with Gasteiger partial charge in [-0.15, -0.1) is 0 Å². The van der Waals surface area contributed by atoms with E-state index in [1.807, 2.05) is 25.1 Å². The number of allylic oxidation sites excluding steroid dienone is 1. The number of carbonyl (C=O) groups excluding carboxylic acids is 1. The number of halogens is 4. The summed E-state index contributed by atoms with van der Waals surface area (Å²) in [5.41, 5.74) is 2.80. The number of carbonyl (C=O) groups is 1. The summed E-state index contributed by atoms with van der Waals surface area (Å²) in [5.74, 6) is -4.09. The van der Waals surface area contributed by atoms with Crippen LogP contribution < -0.4 is 9.47 Å². The number of rotatable bonds is 11. The maximum atomic E-state index is 14.8. The van der Waals surface area contributed by atoms with E-state index in [4.69, 9.17) is 14.2 Å². The monoisotopic (exact) mass is 624 g/mol. The van der Waals surface area contributed by atoms with E-state index in [0.717, 1.165) is 31.2 Å². The summed E-state index contributed by atoms with van der Waals surface area (Å²) in [6.07, 6.45) is 7.76. The zero-order valence-electron chi connectivity index (χ0n) is 25.9. The SMILES string of the molecule is CCCCOc1ccc(C2=CCC(OC(=O)C3CCC(c4ccc(-c5ccc(OCC)c(F)c5F)cc4)CC3)CC2)c(F)c1F. The predicted octanol–water partition coefficient (Wildman–Crippen LogP) is 9.94. The Labute approximate surface area is 262 Å². The maximum Gasteiger partial charge on any atom is 0.309 e. The van der Waals surface area contributed by atoms with Crippen LogP contribution in [-0.2, 0) is 9.53 Å². The molecule has 4 nitrogen and oxygen atoms in total. The highest BCUT2D eigenvalue weighted by Gasteiger charge is 2.31. The summed E-state index contributed by atoms with van der Waals surface area (Å²) in [6, 6.07) is 13.5. The van der Waals surface area contributed by atoms with Crippen molar-refractivity contribution in [3.05, 3.63) is 89.0 Å². The van der Waals surface area contributed by atoms with Crippen LogP contribution in [0.15, 0.2) is 54.6 Å². The second-order valence-corrected chi connectivity index (χ2v) is 11.8. The minimum absolute atomic E-state index is 0.0735. The van der Waals surface area contributed by atoms with Gasteiger partial charge in [0.1, 0.15) is 6.10 Å². The van der Waals surface area contributed by atoms with Gasteiger partial charge in [-0.3, -0.25) is 4.79 Å². The molecule has 2 aliphatic carbocycles. The molecule has 5 rings (SSSR count). The lowest BCUT2D eigenvalue weighted by molar-refractivity contribution is -0.155. The maximum absolute atomic E-state index is 14.8. The third kappa shape index (κ3) is 7.54. The molecule has 0 bridgehead atoms. The molecule has 45 heavy (non-hydrogen) atoms. The Morgan fingerprint density at radius 2 is 1.40 bits per heavy atom. The number of esters is 1. The highest BCUT2D eigenvalue weighted by Crippen LogP contribution is 2.39. The Morgan fingerprint density at radius 3 is 2.02 bits per heavy atom. The first-order valence-corrected chi connectivity index (χ1v) is 16.0. The molecular formula is C37H40F4O4. The molecule has 0 aromatic heterocycles. The van der Waals surface area contributed by atoms with E-state index in [1.165, 1.54) is 18.2 Å². The number of ether oxygens (including phenoxy) is 3. The summed E-state index contributed by atoms with van der Waals surface area (Å²) in [5, 5.41) is 0. The molecule has 1 fully saturated rings. The van der Waals surface area contributed by atoms with Crippen LogP contribution in [0, 0.1) is 29.2 Å². The molecule has 8 heteroatoms. The van der Waals surface area contributed by atoms with Crippen LogP contribution in [0.1, 0.15) is 88.7 Å². The van der Waals surface area contributed by atoms with Crippen molar-refractivity contribution in [3.63, 3.8) is 0 Å². The Kier molecular flexibility index (Phi) is 10.8. The molecule has 0 aliphatic heterocycles. The lowest BCUT2D eigenvalue weighted by atomic mass is 9.78. The molecule has 1 unspecified atom stereocenters. The van der Waals surface area contributed by atoms with E-state index in [9.17, 15) is 22.4 Å². The molecule has 1 saturated carbocycles. The molecule has 240 valence electrons. The molecule has 0 N–H and O–H groups in total. The predicted molar refractivity (Wildman–Crippen MR) is 166 cm³/mol. The Balaban J connectivity index is 1.11. The van der Waals surface area contributed by atoms with Crippen LogP contribution in [0.4, 0.5) is 17.6 Å². The van der Waals surface area contributed by atoms with Gasteiger partial charge in [0.2, 0.25) is 11.6 Å². The molecule has 0 heterocycles. The van der Waals surface area contributed by atoms with Crippen molar-refractivity contribution >= 4 is 11.5 Å². The summed E-state index contributed by atoms with van der Waals surface area (Å²) in [6.45, 7) is 4.30. The van der Waals surface area contributed by atoms with Crippen molar-refractivity contribution in [1.82, 2.24) is 0 Å². The number of hydrogen-bond donors (Lipinski definition) is 0. The van der Waals surface area contributed by atoms with Gasteiger partial charge in [-0.25, -0.2) is 8.78 Å². The minimum atomic E-state index is -0.990. The van der Waals surface area contributed by atoms with E-state index in [2.05, 4.69) is 0 Å². The standard InChI is InChI=1S/C37H40F4O4/c1-3-5-22-44-32-21-19-30(34(39)36(32)41)26-14-16-28(17-15-26)45-37(42)27-12-8-24(9-13-27)23-6-10-25(11-7-23)29-18-20-31(43-4-2)35(40)33(29)38/h6-7,10-11,14,18-21,24,27-28H,3-5,8-9,12-13,15-17,22H2,1-2H3. The zero-order chi connectivity index (χ0) is 31.9. The largest absolute Gasteiger partial charge is 0.491 e. The van der Waals surface area contributed by atoms with E-state index in [1.54, 1.807) is 25.1 Å². The second kappa shape index (κ2) is 15.0. The van der Waals surface area contributed by atoms with Crippen LogP contribution in [0.25, 0.3) is 16.7 Å². The van der Waals surface area contributed by atoms with Crippen molar-refractivity contribution < 1.29 is 36.6 Å². The lowest BCUT2D eigenvalue weighted by Gasteiger charge is -2.30. The average molecular weight is 625 g/mol. The van der Waals surface area contributed by atoms with Crippen LogP contribution in [0.5, 0.6) is 11.5 Å². The second-order valence-electron chi connectivity index (χ2n) is 11.8. The summed E-state index contributed by atoms with van der Waals surface area (Å²) in [7, 11) is 0. The Hall–Kier alpha value is -3.81. The smallest absolute Gasteiger partial charge is 0.309 e. The quantitative estimate of drug-likeness (QED) is 0.121. The van der Waals surface area contributed by atoms with E-state index >= 15 is 0 Å². The van der Waals surface area contributed by atoms with Gasteiger partial charge in [0.05, 0.1) is 19.1 Å². The molecule has 0 saturated heterocycles. The molecule has 2 aliphatic rings. The van der Waals surface area contributed by atoms with Crippen LogP contribution in [0.2, 0.25) is 0 Å². The summed E-state index contributed by atoms with van der Waals surface area (Å²) < 4.78 is 74.7. The van der Waals surface area contributed by atoms with Gasteiger partial charge in [-0.2, -0.15) is 8.78 Å². The zero-order valence-corrected chi connectivity index (χ0v) is 25.9. The van der Waals surface area contributed by atoms with Gasteiger partial charge < -0.3 is 14.2 Å². The lowest BCUT2D eigenvalue weighted by Crippen LogP contribution is -2.28. The average Bonchev–Trinajstić information content (AvgIpc) is 3.06. The number of benzene rings is 3. The van der Waals surface area contributed by atoms with Crippen LogP contribution >= 0.6 is 0 Å². The van der Waals surface area contributed by atoms with Crippen molar-refractivity contribution in [2.75, 3.05) is 13.2 Å². The van der Waals surface area contributed by atoms with Crippen molar-refractivity contribution in [3.8, 4) is 22.6 Å². The van der Waals surface area contributed by atoms with Crippen LogP contribution in [0.3, 0.4) is 0 Å². The third-order valence-electron chi connectivity index (χ3n) is 8.89. The van der Waals surface area contributed by atoms with Gasteiger partial charge in [-0.05, 0) is 98.8 Å². The van der Waals surface area contributed by atoms with Gasteiger partial charge >= 0.3 is 5.97 Å². The third-order valence-corrected chi connectivity index (χ3v) is 8.89. The topological polar surface area (TPSA) is 44.8 Å². The molecule has 3 aromatic carbocycles. The fourth-order valence-electron chi connectivity index (χ4n) is 6.26. The first-order valence-electron chi connectivity index (χ1n) is 16.0. The van der Waals surface area contributed by atoms with Crippen molar-refractivity contribution in [1.29, 1.82) is 0 Å². The van der Waals surface area contributed by atoms with E-state index in [0.29, 0.717) is 49.8 Å². The molecule has 3 aromatic rings.